The fourth-order valence-electron chi connectivity index (χ4n) is 2.24. The van der Waals surface area contributed by atoms with Gasteiger partial charge < -0.3 is 5.32 Å². The van der Waals surface area contributed by atoms with Gasteiger partial charge in [-0.15, -0.1) is 11.8 Å². The van der Waals surface area contributed by atoms with Crippen LogP contribution >= 0.6 is 11.8 Å². The van der Waals surface area contributed by atoms with Crippen molar-refractivity contribution in [3.05, 3.63) is 41.5 Å². The number of hydrogen-bond acceptors (Lipinski definition) is 2. The first-order chi connectivity index (χ1) is 7.72. The Bertz CT molecular complexity index is 393. The van der Waals surface area contributed by atoms with Crippen molar-refractivity contribution >= 4 is 11.8 Å². The average molecular weight is 233 g/mol. The Labute approximate surface area is 102 Å². The molecule has 1 heterocycles. The first kappa shape index (κ1) is 11.7. The lowest BCUT2D eigenvalue weighted by atomic mass is 9.92. The van der Waals surface area contributed by atoms with E-state index < -0.39 is 0 Å². The highest BCUT2D eigenvalue weighted by Gasteiger charge is 2.27. The van der Waals surface area contributed by atoms with Crippen LogP contribution in [0.5, 0.6) is 0 Å². The van der Waals surface area contributed by atoms with Crippen LogP contribution in [0.4, 0.5) is 0 Å². The molecule has 2 unspecified atom stereocenters. The lowest BCUT2D eigenvalue weighted by Crippen LogP contribution is -2.30. The van der Waals surface area contributed by atoms with Crippen LogP contribution in [-0.4, -0.2) is 18.8 Å². The maximum Gasteiger partial charge on any atom is 0.0327 e. The van der Waals surface area contributed by atoms with Gasteiger partial charge in [0, 0.05) is 22.6 Å². The molecule has 0 aliphatic carbocycles. The fourth-order valence-corrected chi connectivity index (χ4v) is 3.55. The van der Waals surface area contributed by atoms with E-state index in [4.69, 9.17) is 0 Å². The monoisotopic (exact) mass is 233 g/mol. The molecule has 1 N–H and O–H groups in total. The van der Waals surface area contributed by atoms with Crippen LogP contribution in [-0.2, 0) is 0 Å². The van der Waals surface area contributed by atoms with Gasteiger partial charge in [-0.3, -0.25) is 0 Å². The van der Waals surface area contributed by atoms with Gasteiger partial charge in [-0.1, -0.05) is 29.8 Å². The van der Waals surface area contributed by atoms with Gasteiger partial charge in [0.05, 0.1) is 0 Å². The number of likely N-dealkylation sites (N-methyl/N-ethyl adjacent to an activating group) is 1. The van der Waals surface area contributed by atoms with E-state index in [0.29, 0.717) is 12.0 Å². The van der Waals surface area contributed by atoms with Gasteiger partial charge >= 0.3 is 0 Å². The topological polar surface area (TPSA) is 12.0 Å². The summed E-state index contributed by atoms with van der Waals surface area (Å²) >= 11 is 1.98. The predicted molar refractivity (Wildman–Crippen MR) is 72.2 cm³/mol. The molecule has 1 nitrogen and oxygen atoms in total. The fraction of sp³-hybridized carbons (Fsp3) is 0.429. The molecule has 16 heavy (non-hydrogen) atoms. The van der Waals surface area contributed by atoms with Gasteiger partial charge in [-0.05, 0) is 32.5 Å². The minimum Gasteiger partial charge on any atom is -0.313 e. The predicted octanol–water partition coefficient (Wildman–Crippen LogP) is 3.43. The summed E-state index contributed by atoms with van der Waals surface area (Å²) in [5, 5.41) is 3.43. The lowest BCUT2D eigenvalue weighted by Gasteiger charge is -2.20. The van der Waals surface area contributed by atoms with Crippen LogP contribution in [0.1, 0.15) is 25.3 Å². The number of nitrogens with one attached hydrogen (secondary N) is 1. The molecule has 0 saturated heterocycles. The zero-order chi connectivity index (χ0) is 11.5. The van der Waals surface area contributed by atoms with Crippen molar-refractivity contribution in [1.29, 1.82) is 0 Å². The van der Waals surface area contributed by atoms with E-state index in [-0.39, 0.29) is 0 Å². The quantitative estimate of drug-likeness (QED) is 0.803. The third-order valence-corrected chi connectivity index (χ3v) is 4.23. The molecule has 0 radical (unpaired) electrons. The Balaban J connectivity index is 2.26. The second-order valence-corrected chi connectivity index (χ2v) is 5.58. The van der Waals surface area contributed by atoms with Gasteiger partial charge in [0.25, 0.3) is 0 Å². The summed E-state index contributed by atoms with van der Waals surface area (Å²) in [7, 11) is 2.05. The van der Waals surface area contributed by atoms with Gasteiger partial charge in [0.15, 0.2) is 0 Å². The van der Waals surface area contributed by atoms with Crippen LogP contribution < -0.4 is 5.32 Å². The molecule has 0 fully saturated rings. The highest BCUT2D eigenvalue weighted by Crippen LogP contribution is 2.41. The number of benzene rings is 1. The zero-order valence-corrected chi connectivity index (χ0v) is 11.0. The first-order valence-electron chi connectivity index (χ1n) is 5.76. The molecule has 0 spiro atoms. The number of thioether (sulfide) groups is 1. The molecule has 1 aliphatic rings. The lowest BCUT2D eigenvalue weighted by molar-refractivity contribution is 0.575. The Morgan fingerprint density at radius 1 is 1.44 bits per heavy atom. The van der Waals surface area contributed by atoms with E-state index in [0.717, 1.165) is 0 Å². The molecule has 1 aromatic carbocycles. The number of allylic oxidation sites excluding steroid dienone is 1. The summed E-state index contributed by atoms with van der Waals surface area (Å²) in [6.07, 6.45) is 2.34. The van der Waals surface area contributed by atoms with E-state index in [9.17, 15) is 0 Å². The second-order valence-electron chi connectivity index (χ2n) is 4.51. The van der Waals surface area contributed by atoms with E-state index in [1.165, 1.54) is 21.8 Å². The molecular formula is C14H19NS. The van der Waals surface area contributed by atoms with Gasteiger partial charge in [-0.2, -0.15) is 0 Å². The molecule has 1 aliphatic heterocycles. The summed E-state index contributed by atoms with van der Waals surface area (Å²) < 4.78 is 0. The SMILES string of the molecule is CNC(C=C(C)C)C1CSc2ccccc21. The maximum atomic E-state index is 3.43. The molecule has 2 heteroatoms. The third-order valence-electron chi connectivity index (χ3n) is 3.02. The molecule has 0 saturated carbocycles. The van der Waals surface area contributed by atoms with Crippen molar-refractivity contribution in [2.45, 2.75) is 30.7 Å². The molecule has 2 atom stereocenters. The Morgan fingerprint density at radius 2 is 2.19 bits per heavy atom. The van der Waals surface area contributed by atoms with E-state index in [1.54, 1.807) is 0 Å². The molecule has 1 aromatic rings. The molecule has 0 amide bonds. The van der Waals surface area contributed by atoms with E-state index >= 15 is 0 Å². The highest BCUT2D eigenvalue weighted by molar-refractivity contribution is 7.99. The minimum absolute atomic E-state index is 0.459. The van der Waals surface area contributed by atoms with Crippen LogP contribution in [0.25, 0.3) is 0 Å². The zero-order valence-electron chi connectivity index (χ0n) is 10.2. The molecule has 86 valence electrons. The van der Waals surface area contributed by atoms with Crippen LogP contribution in [0.2, 0.25) is 0 Å². The van der Waals surface area contributed by atoms with E-state index in [1.807, 2.05) is 11.8 Å². The minimum atomic E-state index is 0.459. The largest absolute Gasteiger partial charge is 0.313 e. The summed E-state index contributed by atoms with van der Waals surface area (Å²) in [6, 6.07) is 9.23. The van der Waals surface area contributed by atoms with Crippen molar-refractivity contribution in [2.75, 3.05) is 12.8 Å². The second kappa shape index (κ2) is 5.07. The van der Waals surface area contributed by atoms with Gasteiger partial charge in [-0.25, -0.2) is 0 Å². The summed E-state index contributed by atoms with van der Waals surface area (Å²) in [6.45, 7) is 4.33. The third kappa shape index (κ3) is 2.33. The van der Waals surface area contributed by atoms with E-state index in [2.05, 4.69) is 56.6 Å². The molecule has 0 aromatic heterocycles. The smallest absolute Gasteiger partial charge is 0.0327 e. The molecule has 2 rings (SSSR count). The summed E-state index contributed by atoms with van der Waals surface area (Å²) in [4.78, 5) is 1.45. The number of rotatable bonds is 3. The highest BCUT2D eigenvalue weighted by atomic mass is 32.2. The van der Waals surface area contributed by atoms with Crippen molar-refractivity contribution in [3.8, 4) is 0 Å². The number of hydrogen-bond donors (Lipinski definition) is 1. The van der Waals surface area contributed by atoms with Gasteiger partial charge in [0.1, 0.15) is 0 Å². The van der Waals surface area contributed by atoms with Crippen molar-refractivity contribution < 1.29 is 0 Å². The number of fused-ring (bicyclic) bond motifs is 1. The maximum absolute atomic E-state index is 3.43. The first-order valence-corrected chi connectivity index (χ1v) is 6.75. The summed E-state index contributed by atoms with van der Waals surface area (Å²) in [5.74, 6) is 1.80. The Kier molecular flexibility index (Phi) is 3.72. The normalized spacial score (nSPS) is 20.3. The molecule has 0 bridgehead atoms. The van der Waals surface area contributed by atoms with Gasteiger partial charge in [0.2, 0.25) is 0 Å². The Morgan fingerprint density at radius 3 is 2.88 bits per heavy atom. The Hall–Kier alpha value is -0.730. The summed E-state index contributed by atoms with van der Waals surface area (Å²) in [5.41, 5.74) is 2.89. The van der Waals surface area contributed by atoms with Crippen molar-refractivity contribution in [1.82, 2.24) is 5.32 Å². The van der Waals surface area contributed by atoms with Crippen LogP contribution in [0.15, 0.2) is 40.8 Å². The van der Waals surface area contributed by atoms with Crippen molar-refractivity contribution in [2.24, 2.45) is 0 Å². The molecular weight excluding hydrogens is 214 g/mol. The van der Waals surface area contributed by atoms with Crippen molar-refractivity contribution in [3.63, 3.8) is 0 Å². The average Bonchev–Trinajstić information content (AvgIpc) is 2.69. The standard InChI is InChI=1S/C14H19NS/c1-10(2)8-13(15-3)12-9-16-14-7-5-4-6-11(12)14/h4-8,12-13,15H,9H2,1-3H3. The van der Waals surface area contributed by atoms with Crippen LogP contribution in [0, 0.1) is 0 Å². The van der Waals surface area contributed by atoms with Crippen LogP contribution in [0.3, 0.4) is 0 Å².